The fourth-order valence-corrected chi connectivity index (χ4v) is 3.21. The van der Waals surface area contributed by atoms with E-state index in [-0.39, 0.29) is 12.0 Å². The van der Waals surface area contributed by atoms with Gasteiger partial charge in [-0.05, 0) is 31.6 Å². The molecule has 1 aliphatic heterocycles. The summed E-state index contributed by atoms with van der Waals surface area (Å²) in [4.78, 5) is 14.3. The van der Waals surface area contributed by atoms with E-state index in [0.717, 1.165) is 38.3 Å². The van der Waals surface area contributed by atoms with Crippen molar-refractivity contribution in [2.75, 3.05) is 13.1 Å². The highest BCUT2D eigenvalue weighted by molar-refractivity contribution is 5.80. The van der Waals surface area contributed by atoms with Crippen LogP contribution in [0.2, 0.25) is 0 Å². The highest BCUT2D eigenvalue weighted by Gasteiger charge is 2.35. The molecule has 2 fully saturated rings. The van der Waals surface area contributed by atoms with Crippen molar-refractivity contribution in [1.82, 2.24) is 4.90 Å². The third kappa shape index (κ3) is 2.40. The fourth-order valence-electron chi connectivity index (χ4n) is 3.21. The Balaban J connectivity index is 1.86. The van der Waals surface area contributed by atoms with Crippen molar-refractivity contribution in [2.24, 2.45) is 17.6 Å². The summed E-state index contributed by atoms with van der Waals surface area (Å²) in [7, 11) is 0. The molecule has 0 spiro atoms. The third-order valence-electron chi connectivity index (χ3n) is 4.18. The highest BCUT2D eigenvalue weighted by atomic mass is 16.2. The smallest absolute Gasteiger partial charge is 0.227 e. The second-order valence-electron chi connectivity index (χ2n) is 5.43. The van der Waals surface area contributed by atoms with E-state index in [2.05, 4.69) is 11.8 Å². The Hall–Kier alpha value is -0.570. The molecule has 0 bridgehead atoms. The van der Waals surface area contributed by atoms with Crippen LogP contribution < -0.4 is 5.73 Å². The van der Waals surface area contributed by atoms with Crippen LogP contribution >= 0.6 is 0 Å². The molecule has 0 aromatic carbocycles. The number of hydrogen-bond donors (Lipinski definition) is 1. The van der Waals surface area contributed by atoms with Crippen LogP contribution in [0.1, 0.15) is 45.4 Å². The molecule has 1 saturated carbocycles. The van der Waals surface area contributed by atoms with E-state index < -0.39 is 0 Å². The maximum atomic E-state index is 12.3. The van der Waals surface area contributed by atoms with Crippen LogP contribution in [0.3, 0.4) is 0 Å². The van der Waals surface area contributed by atoms with Crippen LogP contribution in [0.15, 0.2) is 0 Å². The summed E-state index contributed by atoms with van der Waals surface area (Å²) in [5.74, 6) is 1.20. The number of amides is 1. The monoisotopic (exact) mass is 224 g/mol. The molecule has 0 radical (unpaired) electrons. The van der Waals surface area contributed by atoms with Crippen LogP contribution in [0.25, 0.3) is 0 Å². The van der Waals surface area contributed by atoms with Crippen LogP contribution in [0, 0.1) is 11.8 Å². The number of nitrogens with zero attached hydrogens (tertiary/aromatic N) is 1. The molecule has 1 heterocycles. The van der Waals surface area contributed by atoms with E-state index in [4.69, 9.17) is 5.73 Å². The molecule has 0 aromatic rings. The zero-order chi connectivity index (χ0) is 11.5. The summed E-state index contributed by atoms with van der Waals surface area (Å²) in [6, 6.07) is 0.123. The van der Waals surface area contributed by atoms with Gasteiger partial charge in [0.25, 0.3) is 0 Å². The topological polar surface area (TPSA) is 46.3 Å². The van der Waals surface area contributed by atoms with Gasteiger partial charge in [-0.25, -0.2) is 0 Å². The maximum Gasteiger partial charge on any atom is 0.227 e. The van der Waals surface area contributed by atoms with Gasteiger partial charge in [0.1, 0.15) is 0 Å². The average Bonchev–Trinajstić information content (AvgIpc) is 2.87. The fraction of sp³-hybridized carbons (Fsp3) is 0.923. The minimum atomic E-state index is 0.123. The molecule has 3 heteroatoms. The molecule has 3 nitrogen and oxygen atoms in total. The Bertz CT molecular complexity index is 254. The highest BCUT2D eigenvalue weighted by Crippen LogP contribution is 2.29. The van der Waals surface area contributed by atoms with E-state index >= 15 is 0 Å². The molecule has 1 aliphatic carbocycles. The Morgan fingerprint density at radius 3 is 2.81 bits per heavy atom. The van der Waals surface area contributed by atoms with Crippen molar-refractivity contribution in [3.63, 3.8) is 0 Å². The first-order chi connectivity index (χ1) is 7.72. The zero-order valence-corrected chi connectivity index (χ0v) is 10.3. The number of rotatable bonds is 3. The second-order valence-corrected chi connectivity index (χ2v) is 5.43. The van der Waals surface area contributed by atoms with Crippen LogP contribution in [-0.4, -0.2) is 29.9 Å². The molecule has 2 rings (SSSR count). The summed E-state index contributed by atoms with van der Waals surface area (Å²) < 4.78 is 0. The quantitative estimate of drug-likeness (QED) is 0.794. The van der Waals surface area contributed by atoms with Gasteiger partial charge in [-0.1, -0.05) is 19.8 Å². The predicted molar refractivity (Wildman–Crippen MR) is 64.9 cm³/mol. The second kappa shape index (κ2) is 5.17. The summed E-state index contributed by atoms with van der Waals surface area (Å²) >= 11 is 0. The normalized spacial score (nSPS) is 34.6. The average molecular weight is 224 g/mol. The molecule has 0 aromatic heterocycles. The Labute approximate surface area is 98.4 Å². The lowest BCUT2D eigenvalue weighted by Crippen LogP contribution is -2.40. The first-order valence-electron chi connectivity index (χ1n) is 6.76. The molecular weight excluding hydrogens is 200 g/mol. The van der Waals surface area contributed by atoms with Gasteiger partial charge in [-0.3, -0.25) is 4.79 Å². The van der Waals surface area contributed by atoms with E-state index in [1.165, 1.54) is 19.3 Å². The third-order valence-corrected chi connectivity index (χ3v) is 4.18. The Morgan fingerprint density at radius 1 is 1.38 bits per heavy atom. The molecular formula is C13H24N2O. The number of hydrogen-bond acceptors (Lipinski definition) is 2. The molecule has 2 aliphatic rings. The van der Waals surface area contributed by atoms with Gasteiger partial charge in [0.15, 0.2) is 0 Å². The van der Waals surface area contributed by atoms with Crippen LogP contribution in [0.5, 0.6) is 0 Å². The lowest BCUT2D eigenvalue weighted by molar-refractivity contribution is -0.134. The zero-order valence-electron chi connectivity index (χ0n) is 10.3. The van der Waals surface area contributed by atoms with Gasteiger partial charge >= 0.3 is 0 Å². The number of carbonyl (C=O) groups excluding carboxylic acids is 1. The Kier molecular flexibility index (Phi) is 3.85. The SMILES string of the molecule is CCCC1CCN(C(=O)C2CCCC2N)C1. The van der Waals surface area contributed by atoms with Crippen molar-refractivity contribution < 1.29 is 4.79 Å². The van der Waals surface area contributed by atoms with Crippen molar-refractivity contribution in [2.45, 2.75) is 51.5 Å². The molecule has 2 N–H and O–H groups in total. The van der Waals surface area contributed by atoms with E-state index in [9.17, 15) is 4.79 Å². The van der Waals surface area contributed by atoms with Crippen molar-refractivity contribution in [1.29, 1.82) is 0 Å². The molecule has 1 amide bonds. The molecule has 3 atom stereocenters. The minimum absolute atomic E-state index is 0.123. The van der Waals surface area contributed by atoms with Crippen molar-refractivity contribution >= 4 is 5.91 Å². The molecule has 92 valence electrons. The standard InChI is InChI=1S/C13H24N2O/c1-2-4-10-7-8-15(9-10)13(16)11-5-3-6-12(11)14/h10-12H,2-9,14H2,1H3. The lowest BCUT2D eigenvalue weighted by Gasteiger charge is -2.23. The minimum Gasteiger partial charge on any atom is -0.342 e. The summed E-state index contributed by atoms with van der Waals surface area (Å²) in [5, 5.41) is 0. The molecule has 3 unspecified atom stereocenters. The number of likely N-dealkylation sites (tertiary alicyclic amines) is 1. The van der Waals surface area contributed by atoms with E-state index in [1.807, 2.05) is 0 Å². The van der Waals surface area contributed by atoms with Crippen molar-refractivity contribution in [3.8, 4) is 0 Å². The number of carbonyl (C=O) groups is 1. The molecule has 1 saturated heterocycles. The largest absolute Gasteiger partial charge is 0.342 e. The first-order valence-corrected chi connectivity index (χ1v) is 6.76. The van der Waals surface area contributed by atoms with E-state index in [0.29, 0.717) is 5.91 Å². The Morgan fingerprint density at radius 2 is 2.19 bits per heavy atom. The summed E-state index contributed by atoms with van der Waals surface area (Å²) in [5.41, 5.74) is 5.99. The van der Waals surface area contributed by atoms with Gasteiger partial charge in [0, 0.05) is 19.1 Å². The summed E-state index contributed by atoms with van der Waals surface area (Å²) in [6.45, 7) is 4.17. The van der Waals surface area contributed by atoms with Crippen LogP contribution in [-0.2, 0) is 4.79 Å². The first kappa shape index (κ1) is 11.9. The predicted octanol–water partition coefficient (Wildman–Crippen LogP) is 1.76. The lowest BCUT2D eigenvalue weighted by atomic mass is 10.0. The van der Waals surface area contributed by atoms with Crippen LogP contribution in [0.4, 0.5) is 0 Å². The van der Waals surface area contributed by atoms with E-state index in [1.54, 1.807) is 0 Å². The number of nitrogens with two attached hydrogens (primary N) is 1. The molecule has 16 heavy (non-hydrogen) atoms. The van der Waals surface area contributed by atoms with Gasteiger partial charge in [0.05, 0.1) is 5.92 Å². The van der Waals surface area contributed by atoms with Gasteiger partial charge in [-0.2, -0.15) is 0 Å². The van der Waals surface area contributed by atoms with Gasteiger partial charge < -0.3 is 10.6 Å². The van der Waals surface area contributed by atoms with Crippen molar-refractivity contribution in [3.05, 3.63) is 0 Å². The summed E-state index contributed by atoms with van der Waals surface area (Å²) in [6.07, 6.45) is 6.86. The maximum absolute atomic E-state index is 12.3. The van der Waals surface area contributed by atoms with Gasteiger partial charge in [-0.15, -0.1) is 0 Å². The van der Waals surface area contributed by atoms with Gasteiger partial charge in [0.2, 0.25) is 5.91 Å².